The van der Waals surface area contributed by atoms with E-state index in [0.717, 1.165) is 28.7 Å². The molecule has 1 heterocycles. The Kier molecular flexibility index (Phi) is 2.92. The lowest BCUT2D eigenvalue weighted by Gasteiger charge is -2.10. The van der Waals surface area contributed by atoms with E-state index >= 15 is 0 Å². The third-order valence-electron chi connectivity index (χ3n) is 3.63. The van der Waals surface area contributed by atoms with Crippen LogP contribution >= 0.6 is 0 Å². The molecule has 20 heavy (non-hydrogen) atoms. The molecule has 3 rings (SSSR count). The van der Waals surface area contributed by atoms with Gasteiger partial charge in [-0.3, -0.25) is 0 Å². The van der Waals surface area contributed by atoms with Crippen LogP contribution in [0.25, 0.3) is 10.9 Å². The minimum atomic E-state index is 0.697. The lowest BCUT2D eigenvalue weighted by Crippen LogP contribution is -2.02. The molecule has 0 saturated heterocycles. The fourth-order valence-corrected chi connectivity index (χ4v) is 2.55. The lowest BCUT2D eigenvalue weighted by atomic mass is 10.1. The van der Waals surface area contributed by atoms with E-state index in [-0.39, 0.29) is 0 Å². The van der Waals surface area contributed by atoms with Crippen molar-refractivity contribution in [3.05, 3.63) is 65.4 Å². The van der Waals surface area contributed by atoms with Crippen LogP contribution in [-0.2, 0) is 6.54 Å². The van der Waals surface area contributed by atoms with Crippen molar-refractivity contribution in [3.8, 4) is 6.07 Å². The molecule has 3 aromatic rings. The number of para-hydroxylation sites is 1. The first kappa shape index (κ1) is 12.3. The van der Waals surface area contributed by atoms with E-state index in [2.05, 4.69) is 29.0 Å². The second-order valence-electron chi connectivity index (χ2n) is 4.98. The predicted molar refractivity (Wildman–Crippen MR) is 81.3 cm³/mol. The maximum absolute atomic E-state index is 8.92. The Hall–Kier alpha value is -2.73. The van der Waals surface area contributed by atoms with Crippen molar-refractivity contribution in [2.24, 2.45) is 0 Å². The van der Waals surface area contributed by atoms with Gasteiger partial charge >= 0.3 is 0 Å². The summed E-state index contributed by atoms with van der Waals surface area (Å²) < 4.78 is 2.15. The summed E-state index contributed by atoms with van der Waals surface area (Å²) in [6.07, 6.45) is 2.05. The largest absolute Gasteiger partial charge is 0.397 e. The topological polar surface area (TPSA) is 54.7 Å². The number of nitrogens with zero attached hydrogens (tertiary/aromatic N) is 2. The van der Waals surface area contributed by atoms with Crippen molar-refractivity contribution >= 4 is 16.6 Å². The molecule has 0 aliphatic carbocycles. The molecule has 0 bridgehead atoms. The zero-order valence-corrected chi connectivity index (χ0v) is 11.3. The molecule has 0 aliphatic heterocycles. The molecule has 0 fully saturated rings. The van der Waals surface area contributed by atoms with Gasteiger partial charge in [0, 0.05) is 18.1 Å². The highest BCUT2D eigenvalue weighted by Crippen LogP contribution is 2.23. The molecule has 0 amide bonds. The van der Waals surface area contributed by atoms with Crippen molar-refractivity contribution in [1.82, 2.24) is 4.57 Å². The highest BCUT2D eigenvalue weighted by atomic mass is 15.0. The maximum Gasteiger partial charge on any atom is 0.0991 e. The standard InChI is InChI=1S/C17H15N3/c1-12-9-13(10-18)5-6-15(12)11-20-8-7-14-3-2-4-16(19)17(14)20/h2-9H,11,19H2,1H3. The van der Waals surface area contributed by atoms with Gasteiger partial charge in [0.05, 0.1) is 22.8 Å². The van der Waals surface area contributed by atoms with Crippen LogP contribution in [0, 0.1) is 18.3 Å². The third kappa shape index (κ3) is 2.02. The monoisotopic (exact) mass is 261 g/mol. The third-order valence-corrected chi connectivity index (χ3v) is 3.63. The average molecular weight is 261 g/mol. The van der Waals surface area contributed by atoms with Crippen LogP contribution in [-0.4, -0.2) is 4.57 Å². The highest BCUT2D eigenvalue weighted by molar-refractivity contribution is 5.90. The van der Waals surface area contributed by atoms with Gasteiger partial charge in [-0.25, -0.2) is 0 Å². The molecule has 3 heteroatoms. The fraction of sp³-hybridized carbons (Fsp3) is 0.118. The normalized spacial score (nSPS) is 10.6. The first-order valence-electron chi connectivity index (χ1n) is 6.52. The Labute approximate surface area is 117 Å². The molecular formula is C17H15N3. The van der Waals surface area contributed by atoms with Crippen LogP contribution in [0.1, 0.15) is 16.7 Å². The summed E-state index contributed by atoms with van der Waals surface area (Å²) in [7, 11) is 0. The van der Waals surface area contributed by atoms with Gasteiger partial charge in [-0.1, -0.05) is 18.2 Å². The maximum atomic E-state index is 8.92. The van der Waals surface area contributed by atoms with Gasteiger partial charge in [0.1, 0.15) is 0 Å². The van der Waals surface area contributed by atoms with Crippen LogP contribution in [0.5, 0.6) is 0 Å². The summed E-state index contributed by atoms with van der Waals surface area (Å²) in [5.41, 5.74) is 11.0. The minimum absolute atomic E-state index is 0.697. The van der Waals surface area contributed by atoms with E-state index in [1.54, 1.807) is 0 Å². The van der Waals surface area contributed by atoms with Gasteiger partial charge in [-0.15, -0.1) is 0 Å². The number of nitrogen functional groups attached to an aromatic ring is 1. The van der Waals surface area contributed by atoms with Gasteiger partial charge in [0.15, 0.2) is 0 Å². The van der Waals surface area contributed by atoms with Crippen LogP contribution in [0.2, 0.25) is 0 Å². The Bertz CT molecular complexity index is 822. The molecule has 0 unspecified atom stereocenters. The Morgan fingerprint density at radius 1 is 1.20 bits per heavy atom. The van der Waals surface area contributed by atoms with Crippen LogP contribution < -0.4 is 5.73 Å². The summed E-state index contributed by atoms with van der Waals surface area (Å²) in [5, 5.41) is 10.1. The van der Waals surface area contributed by atoms with Gasteiger partial charge in [-0.2, -0.15) is 5.26 Å². The number of aryl methyl sites for hydroxylation is 1. The quantitative estimate of drug-likeness (QED) is 0.718. The number of hydrogen-bond acceptors (Lipinski definition) is 2. The fourth-order valence-electron chi connectivity index (χ4n) is 2.55. The first-order chi connectivity index (χ1) is 9.69. The van der Waals surface area contributed by atoms with Crippen LogP contribution in [0.3, 0.4) is 0 Å². The van der Waals surface area contributed by atoms with Crippen molar-refractivity contribution in [1.29, 1.82) is 5.26 Å². The van der Waals surface area contributed by atoms with E-state index in [4.69, 9.17) is 11.0 Å². The van der Waals surface area contributed by atoms with Gasteiger partial charge < -0.3 is 10.3 Å². The van der Waals surface area contributed by atoms with Crippen LogP contribution in [0.15, 0.2) is 48.7 Å². The number of anilines is 1. The minimum Gasteiger partial charge on any atom is -0.397 e. The molecular weight excluding hydrogens is 246 g/mol. The summed E-state index contributed by atoms with van der Waals surface area (Å²) in [6.45, 7) is 2.79. The molecule has 2 aromatic carbocycles. The number of nitriles is 1. The molecule has 2 N–H and O–H groups in total. The highest BCUT2D eigenvalue weighted by Gasteiger charge is 2.06. The number of benzene rings is 2. The second kappa shape index (κ2) is 4.75. The summed E-state index contributed by atoms with van der Waals surface area (Å²) in [4.78, 5) is 0. The molecule has 98 valence electrons. The van der Waals surface area contributed by atoms with Crippen molar-refractivity contribution in [3.63, 3.8) is 0 Å². The summed E-state index contributed by atoms with van der Waals surface area (Å²) in [5.74, 6) is 0. The summed E-state index contributed by atoms with van der Waals surface area (Å²) >= 11 is 0. The Balaban J connectivity index is 2.04. The number of rotatable bonds is 2. The first-order valence-corrected chi connectivity index (χ1v) is 6.52. The van der Waals surface area contributed by atoms with E-state index in [1.165, 1.54) is 5.56 Å². The van der Waals surface area contributed by atoms with Crippen molar-refractivity contribution in [2.45, 2.75) is 13.5 Å². The predicted octanol–water partition coefficient (Wildman–Crippen LogP) is 3.45. The second-order valence-corrected chi connectivity index (χ2v) is 4.98. The van der Waals surface area contributed by atoms with E-state index < -0.39 is 0 Å². The number of hydrogen-bond donors (Lipinski definition) is 1. The molecule has 0 saturated carbocycles. The molecule has 0 radical (unpaired) electrons. The molecule has 1 aromatic heterocycles. The molecule has 3 nitrogen and oxygen atoms in total. The van der Waals surface area contributed by atoms with E-state index in [0.29, 0.717) is 5.56 Å². The Morgan fingerprint density at radius 3 is 2.80 bits per heavy atom. The zero-order chi connectivity index (χ0) is 14.1. The molecule has 0 atom stereocenters. The number of aromatic nitrogens is 1. The van der Waals surface area contributed by atoms with E-state index in [1.807, 2.05) is 37.3 Å². The van der Waals surface area contributed by atoms with E-state index in [9.17, 15) is 0 Å². The lowest BCUT2D eigenvalue weighted by molar-refractivity contribution is 0.831. The van der Waals surface area contributed by atoms with Gasteiger partial charge in [-0.05, 0) is 42.3 Å². The van der Waals surface area contributed by atoms with Crippen LogP contribution in [0.4, 0.5) is 5.69 Å². The van der Waals surface area contributed by atoms with Gasteiger partial charge in [0.25, 0.3) is 0 Å². The average Bonchev–Trinajstić information content (AvgIpc) is 2.85. The summed E-state index contributed by atoms with van der Waals surface area (Å²) in [6, 6.07) is 16.0. The Morgan fingerprint density at radius 2 is 2.05 bits per heavy atom. The van der Waals surface area contributed by atoms with Gasteiger partial charge in [0.2, 0.25) is 0 Å². The smallest absolute Gasteiger partial charge is 0.0991 e. The molecule has 0 aliphatic rings. The number of fused-ring (bicyclic) bond motifs is 1. The zero-order valence-electron chi connectivity index (χ0n) is 11.3. The molecule has 0 spiro atoms. The SMILES string of the molecule is Cc1cc(C#N)ccc1Cn1ccc2cccc(N)c21. The number of nitrogens with two attached hydrogens (primary N) is 1. The van der Waals surface area contributed by atoms with Crippen molar-refractivity contribution < 1.29 is 0 Å². The van der Waals surface area contributed by atoms with Crippen molar-refractivity contribution in [2.75, 3.05) is 5.73 Å².